The number of nitrogens with zero attached hydrogens (tertiary/aromatic N) is 3. The van der Waals surface area contributed by atoms with Crippen LogP contribution in [0.25, 0.3) is 11.0 Å². The van der Waals surface area contributed by atoms with Crippen molar-refractivity contribution in [2.45, 2.75) is 19.0 Å². The fraction of sp³-hybridized carbons (Fsp3) is 0.400. The molecule has 7 heteroatoms. The van der Waals surface area contributed by atoms with Gasteiger partial charge in [0.25, 0.3) is 11.5 Å². The highest BCUT2D eigenvalue weighted by molar-refractivity contribution is 6.10. The Morgan fingerprint density at radius 3 is 2.95 bits per heavy atom. The van der Waals surface area contributed by atoms with E-state index in [4.69, 9.17) is 0 Å². The fourth-order valence-electron chi connectivity index (χ4n) is 3.41. The molecule has 0 saturated carbocycles. The molecule has 2 aromatic heterocycles. The van der Waals surface area contributed by atoms with Gasteiger partial charge in [0.05, 0.1) is 5.69 Å². The van der Waals surface area contributed by atoms with Gasteiger partial charge in [-0.05, 0) is 19.1 Å². The van der Waals surface area contributed by atoms with Crippen LogP contribution in [0.1, 0.15) is 6.92 Å². The molecule has 0 bridgehead atoms. The lowest BCUT2D eigenvalue weighted by atomic mass is 10.0. The maximum absolute atomic E-state index is 12.6. The van der Waals surface area contributed by atoms with Crippen molar-refractivity contribution >= 4 is 28.3 Å². The molecule has 1 amide bonds. The Hall–Kier alpha value is -2.41. The molecule has 0 radical (unpaired) electrons. The van der Waals surface area contributed by atoms with Crippen molar-refractivity contribution in [1.82, 2.24) is 15.3 Å². The summed E-state index contributed by atoms with van der Waals surface area (Å²) in [7, 11) is 1.66. The molecule has 0 aliphatic carbocycles. The van der Waals surface area contributed by atoms with Crippen LogP contribution in [-0.2, 0) is 4.79 Å². The maximum atomic E-state index is 12.6. The summed E-state index contributed by atoms with van der Waals surface area (Å²) in [6, 6.07) is 3.76. The lowest BCUT2D eigenvalue weighted by Crippen LogP contribution is -2.64. The average molecular weight is 299 g/mol. The summed E-state index contributed by atoms with van der Waals surface area (Å²) in [6.07, 6.45) is 1.65. The highest BCUT2D eigenvalue weighted by atomic mass is 16.2. The zero-order chi connectivity index (χ0) is 15.4. The van der Waals surface area contributed by atoms with Crippen molar-refractivity contribution in [3.63, 3.8) is 0 Å². The molecule has 4 heterocycles. The maximum Gasteiger partial charge on any atom is 0.275 e. The fourth-order valence-corrected chi connectivity index (χ4v) is 3.41. The van der Waals surface area contributed by atoms with Crippen molar-refractivity contribution in [2.24, 2.45) is 0 Å². The number of H-pyrrole nitrogens is 1. The van der Waals surface area contributed by atoms with Gasteiger partial charge in [-0.25, -0.2) is 4.98 Å². The predicted molar refractivity (Wildman–Crippen MR) is 84.4 cm³/mol. The first-order chi connectivity index (χ1) is 10.6. The number of anilines is 2. The second-order valence-corrected chi connectivity index (χ2v) is 5.93. The zero-order valence-corrected chi connectivity index (χ0v) is 12.5. The van der Waals surface area contributed by atoms with Crippen LogP contribution >= 0.6 is 0 Å². The number of aromatic nitrogens is 2. The quantitative estimate of drug-likeness (QED) is 0.719. The topological polar surface area (TPSA) is 81.3 Å². The number of carbonyl (C=O) groups excluding carboxylic acids is 1. The van der Waals surface area contributed by atoms with E-state index in [1.165, 1.54) is 4.90 Å². The van der Waals surface area contributed by atoms with Crippen LogP contribution < -0.4 is 20.7 Å². The number of hydrogen-bond donors (Lipinski definition) is 2. The van der Waals surface area contributed by atoms with Crippen LogP contribution in [0.4, 0.5) is 11.4 Å². The third-order valence-electron chi connectivity index (χ3n) is 4.48. The highest BCUT2D eigenvalue weighted by Crippen LogP contribution is 2.38. The molecule has 2 atom stereocenters. The summed E-state index contributed by atoms with van der Waals surface area (Å²) in [5.74, 6) is -0.0550. The molecule has 2 aliphatic rings. The summed E-state index contributed by atoms with van der Waals surface area (Å²) in [6.45, 7) is 3.34. The summed E-state index contributed by atoms with van der Waals surface area (Å²) in [5, 5.41) is 4.21. The van der Waals surface area contributed by atoms with Gasteiger partial charge in [0.15, 0.2) is 0 Å². The number of piperazine rings is 1. The molecule has 22 heavy (non-hydrogen) atoms. The normalized spacial score (nSPS) is 24.4. The molecule has 0 spiro atoms. The number of fused-ring (bicyclic) bond motifs is 5. The Labute approximate surface area is 126 Å². The van der Waals surface area contributed by atoms with Gasteiger partial charge >= 0.3 is 0 Å². The number of aromatic amines is 1. The van der Waals surface area contributed by atoms with Gasteiger partial charge < -0.3 is 20.1 Å². The molecule has 1 saturated heterocycles. The van der Waals surface area contributed by atoms with Crippen LogP contribution in [0.5, 0.6) is 0 Å². The molecule has 1 fully saturated rings. The molecular formula is C15H17N5O2. The second kappa shape index (κ2) is 4.54. The van der Waals surface area contributed by atoms with Gasteiger partial charge in [0.2, 0.25) is 0 Å². The van der Waals surface area contributed by atoms with Crippen molar-refractivity contribution in [3.05, 3.63) is 28.7 Å². The standard InChI is InChI=1S/C15H17N5O2/c1-8-7-20-10(6-17-8)15(22)19(2)12-11(20)9-4-3-5-16-13(9)18-14(12)21/h3-5,8,10,17H,6-7H2,1-2H3,(H,16,18,21). The van der Waals surface area contributed by atoms with Crippen LogP contribution in [0.15, 0.2) is 23.1 Å². The van der Waals surface area contributed by atoms with E-state index in [9.17, 15) is 9.59 Å². The molecule has 4 rings (SSSR count). The first-order valence-electron chi connectivity index (χ1n) is 7.36. The molecule has 114 valence electrons. The molecule has 7 nitrogen and oxygen atoms in total. The van der Waals surface area contributed by atoms with Crippen LogP contribution in [0.3, 0.4) is 0 Å². The molecule has 2 aliphatic heterocycles. The SMILES string of the molecule is CC1CN2c3c(c(=O)[nH]c4ncccc34)N(C)C(=O)C2CN1. The lowest BCUT2D eigenvalue weighted by Gasteiger charge is -2.46. The van der Waals surface area contributed by atoms with E-state index in [2.05, 4.69) is 27.1 Å². The Bertz CT molecular complexity index is 830. The number of amides is 1. The lowest BCUT2D eigenvalue weighted by molar-refractivity contribution is -0.120. The number of carbonyl (C=O) groups is 1. The van der Waals surface area contributed by atoms with Crippen LogP contribution in [0, 0.1) is 0 Å². The second-order valence-electron chi connectivity index (χ2n) is 5.93. The van der Waals surface area contributed by atoms with Crippen molar-refractivity contribution in [2.75, 3.05) is 29.9 Å². The summed E-state index contributed by atoms with van der Waals surface area (Å²) in [4.78, 5) is 35.6. The van der Waals surface area contributed by atoms with E-state index >= 15 is 0 Å². The smallest absolute Gasteiger partial charge is 0.275 e. The molecule has 2 aromatic rings. The Morgan fingerprint density at radius 2 is 2.14 bits per heavy atom. The van der Waals surface area contributed by atoms with Crippen molar-refractivity contribution in [1.29, 1.82) is 0 Å². The van der Waals surface area contributed by atoms with Gasteiger partial charge in [-0.15, -0.1) is 0 Å². The molecule has 2 N–H and O–H groups in total. The monoisotopic (exact) mass is 299 g/mol. The van der Waals surface area contributed by atoms with Gasteiger partial charge in [0.1, 0.15) is 17.4 Å². The minimum Gasteiger partial charge on any atom is -0.354 e. The summed E-state index contributed by atoms with van der Waals surface area (Å²) < 4.78 is 0. The minimum atomic E-state index is -0.279. The molecule has 0 aromatic carbocycles. The molecule has 2 unspecified atom stereocenters. The number of rotatable bonds is 0. The number of hydrogen-bond acceptors (Lipinski definition) is 5. The largest absolute Gasteiger partial charge is 0.354 e. The zero-order valence-electron chi connectivity index (χ0n) is 12.5. The van der Waals surface area contributed by atoms with Crippen LogP contribution in [0.2, 0.25) is 0 Å². The van der Waals surface area contributed by atoms with E-state index in [0.717, 1.165) is 11.1 Å². The van der Waals surface area contributed by atoms with E-state index in [1.54, 1.807) is 13.2 Å². The van der Waals surface area contributed by atoms with Gasteiger partial charge in [-0.3, -0.25) is 9.59 Å². The first kappa shape index (κ1) is 13.3. The predicted octanol–water partition coefficient (Wildman–Crippen LogP) is 0.0662. The third-order valence-corrected chi connectivity index (χ3v) is 4.48. The Balaban J connectivity index is 2.06. The van der Waals surface area contributed by atoms with E-state index in [0.29, 0.717) is 24.4 Å². The summed E-state index contributed by atoms with van der Waals surface area (Å²) >= 11 is 0. The van der Waals surface area contributed by atoms with Gasteiger partial charge in [-0.1, -0.05) is 0 Å². The molecular weight excluding hydrogens is 282 g/mol. The Kier molecular flexibility index (Phi) is 2.74. The third kappa shape index (κ3) is 1.69. The van der Waals surface area contributed by atoms with E-state index in [1.807, 2.05) is 12.1 Å². The van der Waals surface area contributed by atoms with Crippen LogP contribution in [-0.4, -0.2) is 48.1 Å². The number of pyridine rings is 2. The van der Waals surface area contributed by atoms with Crippen molar-refractivity contribution in [3.8, 4) is 0 Å². The number of nitrogens with one attached hydrogen (secondary N) is 2. The summed E-state index contributed by atoms with van der Waals surface area (Å²) in [5.41, 5.74) is 1.50. The van der Waals surface area contributed by atoms with Gasteiger partial charge in [0, 0.05) is 37.8 Å². The highest BCUT2D eigenvalue weighted by Gasteiger charge is 2.41. The average Bonchev–Trinajstić information content (AvgIpc) is 2.51. The minimum absolute atomic E-state index is 0.0550. The first-order valence-corrected chi connectivity index (χ1v) is 7.36. The van der Waals surface area contributed by atoms with E-state index < -0.39 is 0 Å². The number of likely N-dealkylation sites (N-methyl/N-ethyl adjacent to an activating group) is 1. The van der Waals surface area contributed by atoms with E-state index in [-0.39, 0.29) is 23.6 Å². The van der Waals surface area contributed by atoms with Crippen molar-refractivity contribution < 1.29 is 4.79 Å². The Morgan fingerprint density at radius 1 is 1.32 bits per heavy atom. The van der Waals surface area contributed by atoms with Gasteiger partial charge in [-0.2, -0.15) is 0 Å².